The van der Waals surface area contributed by atoms with Gasteiger partial charge in [-0.15, -0.1) is 0 Å². The van der Waals surface area contributed by atoms with E-state index in [4.69, 9.17) is 0 Å². The number of nitrogens with zero attached hydrogens (tertiary/aromatic N) is 2. The molecule has 0 bridgehead atoms. The van der Waals surface area contributed by atoms with Gasteiger partial charge in [0.1, 0.15) is 0 Å². The number of fused-ring (bicyclic) bond motifs is 5. The van der Waals surface area contributed by atoms with Crippen molar-refractivity contribution < 1.29 is 0 Å². The maximum Gasteiger partial charge on any atom is 0.0900 e. The van der Waals surface area contributed by atoms with Crippen LogP contribution in [0, 0.1) is 0 Å². The Morgan fingerprint density at radius 1 is 1.00 bits per heavy atom. The minimum absolute atomic E-state index is 0.979. The maximum atomic E-state index is 4.41. The van der Waals surface area contributed by atoms with E-state index >= 15 is 0 Å². The van der Waals surface area contributed by atoms with Crippen LogP contribution in [-0.2, 0) is 0 Å². The highest BCUT2D eigenvalue weighted by Crippen LogP contribution is 2.28. The zero-order valence-electron chi connectivity index (χ0n) is 8.36. The molecule has 0 saturated heterocycles. The fraction of sp³-hybridized carbons (Fsp3) is 0. The van der Waals surface area contributed by atoms with Crippen LogP contribution in [0.3, 0.4) is 0 Å². The molecule has 0 saturated carbocycles. The van der Waals surface area contributed by atoms with Crippen molar-refractivity contribution in [2.45, 2.75) is 0 Å². The normalized spacial score (nSPS) is 11.8. The predicted molar refractivity (Wildman–Crippen MR) is 63.3 cm³/mol. The molecule has 0 fully saturated rings. The number of nitrogens with one attached hydrogen (secondary N) is 2. The number of hydrogen-bond donors (Lipinski definition) is 2. The average Bonchev–Trinajstić information content (AvgIpc) is 2.92. The third-order valence-electron chi connectivity index (χ3n) is 2.95. The van der Waals surface area contributed by atoms with Gasteiger partial charge >= 0.3 is 0 Å². The lowest BCUT2D eigenvalue weighted by atomic mass is 10.2. The van der Waals surface area contributed by atoms with Crippen LogP contribution >= 0.6 is 0 Å². The lowest BCUT2D eigenvalue weighted by molar-refractivity contribution is 1.36. The quantitative estimate of drug-likeness (QED) is 0.466. The van der Waals surface area contributed by atoms with Gasteiger partial charge in [0.15, 0.2) is 0 Å². The predicted octanol–water partition coefficient (Wildman–Crippen LogP) is 2.59. The Kier molecular flexibility index (Phi) is 1.28. The fourth-order valence-corrected chi connectivity index (χ4v) is 2.19. The fourth-order valence-electron chi connectivity index (χ4n) is 2.19. The zero-order chi connectivity index (χ0) is 10.5. The third-order valence-corrected chi connectivity index (χ3v) is 2.95. The van der Waals surface area contributed by atoms with Crippen LogP contribution in [0.4, 0.5) is 0 Å². The van der Waals surface area contributed by atoms with E-state index in [9.17, 15) is 0 Å². The highest BCUT2D eigenvalue weighted by molar-refractivity contribution is 6.14. The molecule has 4 nitrogen and oxygen atoms in total. The van der Waals surface area contributed by atoms with E-state index in [2.05, 4.69) is 19.9 Å². The van der Waals surface area contributed by atoms with Gasteiger partial charge < -0.3 is 9.97 Å². The molecule has 4 aromatic rings. The summed E-state index contributed by atoms with van der Waals surface area (Å²) in [5.41, 5.74) is 4.22. The molecule has 4 heteroatoms. The number of pyridine rings is 2. The van der Waals surface area contributed by atoms with Gasteiger partial charge in [-0.05, 0) is 12.1 Å². The van der Waals surface area contributed by atoms with Crippen LogP contribution in [0.5, 0.6) is 0 Å². The molecule has 0 unspecified atom stereocenters. The molecule has 4 rings (SSSR count). The molecule has 0 aromatic carbocycles. The van der Waals surface area contributed by atoms with Gasteiger partial charge in [-0.2, -0.15) is 0 Å². The van der Waals surface area contributed by atoms with Gasteiger partial charge in [-0.3, -0.25) is 9.97 Å². The number of rotatable bonds is 0. The molecule has 0 aliphatic carbocycles. The first-order chi connectivity index (χ1) is 7.93. The van der Waals surface area contributed by atoms with Crippen molar-refractivity contribution in [3.05, 3.63) is 36.9 Å². The minimum Gasteiger partial charge on any atom is -0.358 e. The van der Waals surface area contributed by atoms with Crippen molar-refractivity contribution in [3.63, 3.8) is 0 Å². The van der Waals surface area contributed by atoms with Gasteiger partial charge in [-0.25, -0.2) is 0 Å². The minimum atomic E-state index is 0.979. The van der Waals surface area contributed by atoms with E-state index in [1.807, 2.05) is 30.7 Å². The molecule has 0 atom stereocenters. The van der Waals surface area contributed by atoms with Crippen LogP contribution in [0.1, 0.15) is 0 Å². The van der Waals surface area contributed by atoms with Crippen molar-refractivity contribution in [1.82, 2.24) is 19.9 Å². The van der Waals surface area contributed by atoms with E-state index in [1.165, 1.54) is 0 Å². The van der Waals surface area contributed by atoms with E-state index in [1.54, 1.807) is 6.20 Å². The van der Waals surface area contributed by atoms with Gasteiger partial charge in [0.05, 0.1) is 16.6 Å². The van der Waals surface area contributed by atoms with Crippen molar-refractivity contribution in [3.8, 4) is 0 Å². The Hall–Kier alpha value is -2.36. The standard InChI is InChI=1S/C12H8N4/c1-3-13-5-7-8-6-15-10-2-4-14-12(10)11(8)16-9(1)7/h1-6,14,16H. The zero-order valence-corrected chi connectivity index (χ0v) is 8.36. The molecule has 0 aliphatic heterocycles. The Morgan fingerprint density at radius 2 is 2.00 bits per heavy atom. The number of hydrogen-bond acceptors (Lipinski definition) is 2. The molecule has 0 amide bonds. The van der Waals surface area contributed by atoms with E-state index in [-0.39, 0.29) is 0 Å². The molecule has 0 aliphatic rings. The van der Waals surface area contributed by atoms with Crippen LogP contribution < -0.4 is 0 Å². The van der Waals surface area contributed by atoms with Crippen LogP contribution in [-0.4, -0.2) is 19.9 Å². The van der Waals surface area contributed by atoms with Gasteiger partial charge in [0.25, 0.3) is 0 Å². The van der Waals surface area contributed by atoms with E-state index < -0.39 is 0 Å². The Bertz CT molecular complexity index is 809. The first-order valence-electron chi connectivity index (χ1n) is 5.11. The number of aromatic amines is 2. The highest BCUT2D eigenvalue weighted by atomic mass is 14.8. The summed E-state index contributed by atoms with van der Waals surface area (Å²) in [6.45, 7) is 0. The molecule has 0 spiro atoms. The van der Waals surface area contributed by atoms with Gasteiger partial charge in [0.2, 0.25) is 0 Å². The summed E-state index contributed by atoms with van der Waals surface area (Å²) >= 11 is 0. The largest absolute Gasteiger partial charge is 0.358 e. The molecule has 76 valence electrons. The Labute approximate surface area is 90.3 Å². The summed E-state index contributed by atoms with van der Waals surface area (Å²) in [4.78, 5) is 15.2. The smallest absolute Gasteiger partial charge is 0.0900 e. The van der Waals surface area contributed by atoms with Crippen molar-refractivity contribution in [2.24, 2.45) is 0 Å². The second-order valence-electron chi connectivity index (χ2n) is 3.83. The summed E-state index contributed by atoms with van der Waals surface area (Å²) in [6.07, 6.45) is 7.45. The molecule has 4 aromatic heterocycles. The molecule has 4 heterocycles. The molecule has 16 heavy (non-hydrogen) atoms. The summed E-state index contributed by atoms with van der Waals surface area (Å²) in [5, 5.41) is 2.22. The van der Waals surface area contributed by atoms with Crippen LogP contribution in [0.15, 0.2) is 36.9 Å². The van der Waals surface area contributed by atoms with Crippen molar-refractivity contribution in [1.29, 1.82) is 0 Å². The van der Waals surface area contributed by atoms with E-state index in [0.29, 0.717) is 0 Å². The topological polar surface area (TPSA) is 57.4 Å². The molecular weight excluding hydrogens is 200 g/mol. The monoisotopic (exact) mass is 208 g/mol. The Morgan fingerprint density at radius 3 is 3.00 bits per heavy atom. The molecule has 2 N–H and O–H groups in total. The highest BCUT2D eigenvalue weighted by Gasteiger charge is 2.08. The van der Waals surface area contributed by atoms with Crippen molar-refractivity contribution in [2.75, 3.05) is 0 Å². The summed E-state index contributed by atoms with van der Waals surface area (Å²) in [5.74, 6) is 0. The molecular formula is C12H8N4. The van der Waals surface area contributed by atoms with Crippen LogP contribution in [0.2, 0.25) is 0 Å². The second-order valence-corrected chi connectivity index (χ2v) is 3.83. The first kappa shape index (κ1) is 7.87. The van der Waals surface area contributed by atoms with Gasteiger partial charge in [0, 0.05) is 41.1 Å². The average molecular weight is 208 g/mol. The van der Waals surface area contributed by atoms with E-state index in [0.717, 1.165) is 32.8 Å². The number of H-pyrrole nitrogens is 2. The summed E-state index contributed by atoms with van der Waals surface area (Å²) in [6, 6.07) is 3.95. The maximum absolute atomic E-state index is 4.41. The van der Waals surface area contributed by atoms with Gasteiger partial charge in [-0.1, -0.05) is 0 Å². The Balaban J connectivity index is 2.38. The third kappa shape index (κ3) is 0.839. The second kappa shape index (κ2) is 2.61. The summed E-state index contributed by atoms with van der Waals surface area (Å²) < 4.78 is 0. The van der Waals surface area contributed by atoms with Crippen molar-refractivity contribution >= 4 is 32.8 Å². The lowest BCUT2D eigenvalue weighted by Gasteiger charge is -1.91. The first-order valence-corrected chi connectivity index (χ1v) is 5.11. The number of aromatic nitrogens is 4. The molecule has 0 radical (unpaired) electrons. The SMILES string of the molecule is c1cc2[nH]c3c(cnc4cc[nH]c43)c2cn1. The summed E-state index contributed by atoms with van der Waals surface area (Å²) in [7, 11) is 0. The lowest BCUT2D eigenvalue weighted by Crippen LogP contribution is -1.76. The van der Waals surface area contributed by atoms with Crippen LogP contribution in [0.25, 0.3) is 32.8 Å².